The highest BCUT2D eigenvalue weighted by atomic mass is 19.1. The first-order valence-corrected chi connectivity index (χ1v) is 12.4. The van der Waals surface area contributed by atoms with Crippen molar-refractivity contribution in [3.05, 3.63) is 89.1 Å². The van der Waals surface area contributed by atoms with Crippen molar-refractivity contribution in [3.8, 4) is 22.5 Å². The third kappa shape index (κ3) is 4.20. The number of benzene rings is 3. The molecule has 0 atom stereocenters. The van der Waals surface area contributed by atoms with Crippen LogP contribution in [0.25, 0.3) is 33.4 Å². The Labute approximate surface area is 218 Å². The molecule has 0 saturated heterocycles. The molecule has 3 aromatic carbocycles. The van der Waals surface area contributed by atoms with Crippen LogP contribution in [0.2, 0.25) is 0 Å². The van der Waals surface area contributed by atoms with Gasteiger partial charge in [0.1, 0.15) is 22.7 Å². The number of fused-ring (bicyclic) bond motifs is 1. The highest BCUT2D eigenvalue weighted by molar-refractivity contribution is 5.97. The number of nitrogen functional groups attached to an aromatic ring is 1. The number of hydrogen-bond acceptors (Lipinski definition) is 7. The number of aromatic nitrogens is 2. The Morgan fingerprint density at radius 1 is 1.03 bits per heavy atom. The third-order valence-corrected chi connectivity index (χ3v) is 7.01. The predicted molar refractivity (Wildman–Crippen MR) is 142 cm³/mol. The molecule has 38 heavy (non-hydrogen) atoms. The molecule has 6 rings (SSSR count). The number of aryl methyl sites for hydroxylation is 1. The van der Waals surface area contributed by atoms with Crippen molar-refractivity contribution in [1.82, 2.24) is 20.8 Å². The van der Waals surface area contributed by atoms with E-state index in [1.807, 2.05) is 44.3 Å². The summed E-state index contributed by atoms with van der Waals surface area (Å²) in [6, 6.07) is 17.9. The average Bonchev–Trinajstić information content (AvgIpc) is 3.40. The van der Waals surface area contributed by atoms with Gasteiger partial charge in [-0.05, 0) is 92.0 Å². The number of amides is 1. The van der Waals surface area contributed by atoms with Crippen LogP contribution in [-0.2, 0) is 12.1 Å². The van der Waals surface area contributed by atoms with E-state index < -0.39 is 5.54 Å². The van der Waals surface area contributed by atoms with Gasteiger partial charge in [0.15, 0.2) is 0 Å². The molecule has 8 nitrogen and oxygen atoms in total. The Bertz CT molecular complexity index is 1670. The second-order valence-corrected chi connectivity index (χ2v) is 9.67. The van der Waals surface area contributed by atoms with Gasteiger partial charge in [-0.3, -0.25) is 4.79 Å². The number of halogens is 1. The highest BCUT2D eigenvalue weighted by Crippen LogP contribution is 2.45. The molecule has 0 spiro atoms. The SMILES string of the molecule is CNCc1c(-c2ccc(F)cc2)oc2ccc(-c3cc(C(=O)NC4(c5nnc(N)o5)CC4)ccc3C)cc12. The number of anilines is 1. The van der Waals surface area contributed by atoms with Crippen LogP contribution in [0, 0.1) is 12.7 Å². The Kier molecular flexibility index (Phi) is 5.72. The zero-order valence-corrected chi connectivity index (χ0v) is 21.0. The molecule has 1 aliphatic carbocycles. The predicted octanol–water partition coefficient (Wildman–Crippen LogP) is 5.32. The quantitative estimate of drug-likeness (QED) is 0.271. The van der Waals surface area contributed by atoms with Crippen molar-refractivity contribution in [2.45, 2.75) is 31.8 Å². The molecule has 0 unspecified atom stereocenters. The minimum Gasteiger partial charge on any atom is -0.456 e. The van der Waals surface area contributed by atoms with Crippen LogP contribution in [0.1, 0.15) is 40.2 Å². The van der Waals surface area contributed by atoms with Gasteiger partial charge in [0.2, 0.25) is 5.89 Å². The molecule has 9 heteroatoms. The smallest absolute Gasteiger partial charge is 0.312 e. The summed E-state index contributed by atoms with van der Waals surface area (Å²) in [6.07, 6.45) is 1.42. The lowest BCUT2D eigenvalue weighted by molar-refractivity contribution is 0.0923. The second-order valence-electron chi connectivity index (χ2n) is 9.67. The van der Waals surface area contributed by atoms with Crippen LogP contribution < -0.4 is 16.4 Å². The van der Waals surface area contributed by atoms with Crippen LogP contribution >= 0.6 is 0 Å². The molecule has 4 N–H and O–H groups in total. The van der Waals surface area contributed by atoms with Gasteiger partial charge in [-0.15, -0.1) is 5.10 Å². The van der Waals surface area contributed by atoms with E-state index in [-0.39, 0.29) is 17.7 Å². The van der Waals surface area contributed by atoms with Crippen molar-refractivity contribution in [3.63, 3.8) is 0 Å². The summed E-state index contributed by atoms with van der Waals surface area (Å²) in [5.74, 6) is 0.512. The maximum Gasteiger partial charge on any atom is 0.312 e. The molecule has 1 amide bonds. The minimum atomic E-state index is -0.665. The van der Waals surface area contributed by atoms with Crippen molar-refractivity contribution in [1.29, 1.82) is 0 Å². The first kappa shape index (κ1) is 23.9. The normalized spacial score (nSPS) is 14.1. The van der Waals surface area contributed by atoms with Crippen LogP contribution in [0.3, 0.4) is 0 Å². The molecule has 0 bridgehead atoms. The van der Waals surface area contributed by atoms with Crippen molar-refractivity contribution in [2.24, 2.45) is 0 Å². The molecule has 2 aromatic heterocycles. The lowest BCUT2D eigenvalue weighted by Gasteiger charge is -2.15. The third-order valence-electron chi connectivity index (χ3n) is 7.01. The van der Waals surface area contributed by atoms with Crippen LogP contribution in [0.5, 0.6) is 0 Å². The first-order chi connectivity index (χ1) is 18.4. The molecule has 2 heterocycles. The van der Waals surface area contributed by atoms with Gasteiger partial charge in [0.05, 0.1) is 0 Å². The number of nitrogens with one attached hydrogen (secondary N) is 2. The highest BCUT2D eigenvalue weighted by Gasteiger charge is 2.50. The Hall–Kier alpha value is -4.50. The van der Waals surface area contributed by atoms with Crippen LogP contribution in [0.4, 0.5) is 10.4 Å². The van der Waals surface area contributed by atoms with Crippen molar-refractivity contribution >= 4 is 22.9 Å². The van der Waals surface area contributed by atoms with Crippen LogP contribution in [-0.4, -0.2) is 23.2 Å². The number of nitrogens with zero attached hydrogens (tertiary/aromatic N) is 2. The van der Waals surface area contributed by atoms with E-state index in [1.54, 1.807) is 12.1 Å². The molecule has 192 valence electrons. The molecule has 0 aliphatic heterocycles. The number of nitrogens with two attached hydrogens (primary N) is 1. The number of rotatable bonds is 7. The largest absolute Gasteiger partial charge is 0.456 e. The summed E-state index contributed by atoms with van der Waals surface area (Å²) in [7, 11) is 1.87. The Morgan fingerprint density at radius 2 is 1.79 bits per heavy atom. The van der Waals surface area contributed by atoms with E-state index in [2.05, 4.69) is 26.9 Å². The monoisotopic (exact) mass is 511 g/mol. The van der Waals surface area contributed by atoms with Gasteiger partial charge < -0.3 is 25.2 Å². The van der Waals surface area contributed by atoms with Gasteiger partial charge in [-0.25, -0.2) is 4.39 Å². The molecule has 5 aromatic rings. The summed E-state index contributed by atoms with van der Waals surface area (Å²) >= 11 is 0. The molecule has 0 radical (unpaired) electrons. The maximum absolute atomic E-state index is 13.5. The van der Waals surface area contributed by atoms with E-state index in [0.717, 1.165) is 38.8 Å². The van der Waals surface area contributed by atoms with Gasteiger partial charge in [-0.1, -0.05) is 17.2 Å². The van der Waals surface area contributed by atoms with Crippen molar-refractivity contribution < 1.29 is 18.0 Å². The van der Waals surface area contributed by atoms with E-state index >= 15 is 0 Å². The fourth-order valence-electron chi connectivity index (χ4n) is 4.81. The average molecular weight is 512 g/mol. The van der Waals surface area contributed by atoms with E-state index in [1.165, 1.54) is 12.1 Å². The lowest BCUT2D eigenvalue weighted by atomic mass is 9.95. The Balaban J connectivity index is 1.36. The lowest BCUT2D eigenvalue weighted by Crippen LogP contribution is -2.35. The number of hydrogen-bond donors (Lipinski definition) is 3. The topological polar surface area (TPSA) is 119 Å². The second kappa shape index (κ2) is 9.11. The summed E-state index contributed by atoms with van der Waals surface area (Å²) < 4.78 is 25.1. The fraction of sp³-hybridized carbons (Fsp3) is 0.207. The van der Waals surface area contributed by atoms with Crippen molar-refractivity contribution in [2.75, 3.05) is 12.8 Å². The summed E-state index contributed by atoms with van der Waals surface area (Å²) in [5, 5.41) is 14.9. The minimum absolute atomic E-state index is 0.0204. The number of carbonyl (C=O) groups excluding carboxylic acids is 1. The molecular formula is C29H26FN5O3. The number of furan rings is 1. The zero-order valence-electron chi connectivity index (χ0n) is 21.0. The van der Waals surface area contributed by atoms with E-state index in [0.29, 0.717) is 36.6 Å². The summed E-state index contributed by atoms with van der Waals surface area (Å²) in [5.41, 5.74) is 10.9. The van der Waals surface area contributed by atoms with Gasteiger partial charge in [0.25, 0.3) is 5.91 Å². The van der Waals surface area contributed by atoms with Gasteiger partial charge in [0, 0.05) is 28.6 Å². The standard InChI is InChI=1S/C29H26FN5O3/c1-16-3-4-19(26(36)33-29(11-12-29)27-34-35-28(31)38-27)14-21(16)18-7-10-24-22(13-18)23(15-32-2)25(37-24)17-5-8-20(30)9-6-17/h3-10,13-14,32H,11-12,15H2,1-2H3,(H2,31,35)(H,33,36). The van der Waals surface area contributed by atoms with Gasteiger partial charge >= 0.3 is 6.01 Å². The maximum atomic E-state index is 13.5. The summed E-state index contributed by atoms with van der Waals surface area (Å²) in [6.45, 7) is 2.59. The fourth-order valence-corrected chi connectivity index (χ4v) is 4.81. The molecule has 1 fully saturated rings. The molecule has 1 saturated carbocycles. The first-order valence-electron chi connectivity index (χ1n) is 12.4. The zero-order chi connectivity index (χ0) is 26.4. The molecule has 1 aliphatic rings. The van der Waals surface area contributed by atoms with Crippen LogP contribution in [0.15, 0.2) is 69.5 Å². The number of carbonyl (C=O) groups is 1. The van der Waals surface area contributed by atoms with E-state index in [4.69, 9.17) is 14.6 Å². The van der Waals surface area contributed by atoms with Gasteiger partial charge in [-0.2, -0.15) is 0 Å². The molecular weight excluding hydrogens is 485 g/mol. The Morgan fingerprint density at radius 3 is 2.47 bits per heavy atom. The van der Waals surface area contributed by atoms with E-state index in [9.17, 15) is 9.18 Å². The summed E-state index contributed by atoms with van der Waals surface area (Å²) in [4.78, 5) is 13.2.